The number of hydrogen-bond acceptors (Lipinski definition) is 0. The summed E-state index contributed by atoms with van der Waals surface area (Å²) in [5, 5.41) is 0. The maximum Gasteiger partial charge on any atom is -0.0348 e. The lowest BCUT2D eigenvalue weighted by atomic mass is 9.93. The van der Waals surface area contributed by atoms with Crippen molar-refractivity contribution in [3.8, 4) is 0 Å². The average molecular weight is 180 g/mol. The first-order chi connectivity index (χ1) is 6.34. The van der Waals surface area contributed by atoms with E-state index in [-0.39, 0.29) is 0 Å². The molecule has 1 fully saturated rings. The quantitative estimate of drug-likeness (QED) is 0.544. The lowest BCUT2D eigenvalue weighted by molar-refractivity contribution is 0.394. The summed E-state index contributed by atoms with van der Waals surface area (Å²) in [7, 11) is 0. The van der Waals surface area contributed by atoms with Crippen LogP contribution in [0.2, 0.25) is 0 Å². The lowest BCUT2D eigenvalue weighted by Gasteiger charge is -2.13. The standard InChI is InChI=1S/C13H24/c1-3-4-5-6-7-10-13-11-8-9-12(13)2/h5-6,12-13H,3-4,7-11H2,1-2H3/b6-5-/t12?,13-/m0/s1. The molecule has 0 aromatic rings. The Balaban J connectivity index is 2.05. The van der Waals surface area contributed by atoms with Crippen LogP contribution >= 0.6 is 0 Å². The molecule has 13 heavy (non-hydrogen) atoms. The normalized spacial score (nSPS) is 28.8. The Morgan fingerprint density at radius 1 is 1.15 bits per heavy atom. The average Bonchev–Trinajstić information content (AvgIpc) is 2.52. The van der Waals surface area contributed by atoms with Crippen molar-refractivity contribution < 1.29 is 0 Å². The molecule has 0 spiro atoms. The summed E-state index contributed by atoms with van der Waals surface area (Å²) < 4.78 is 0. The van der Waals surface area contributed by atoms with Gasteiger partial charge in [-0.1, -0.05) is 51.7 Å². The minimum atomic E-state index is 1.000. The third kappa shape index (κ3) is 3.97. The van der Waals surface area contributed by atoms with Gasteiger partial charge in [-0.2, -0.15) is 0 Å². The van der Waals surface area contributed by atoms with Gasteiger partial charge in [-0.15, -0.1) is 0 Å². The summed E-state index contributed by atoms with van der Waals surface area (Å²) in [6.07, 6.45) is 14.5. The minimum Gasteiger partial charge on any atom is -0.0885 e. The fourth-order valence-corrected chi connectivity index (χ4v) is 2.36. The molecule has 2 atom stereocenters. The fourth-order valence-electron chi connectivity index (χ4n) is 2.36. The summed E-state index contributed by atoms with van der Waals surface area (Å²) >= 11 is 0. The molecular weight excluding hydrogens is 156 g/mol. The highest BCUT2D eigenvalue weighted by molar-refractivity contribution is 4.83. The van der Waals surface area contributed by atoms with Crippen molar-refractivity contribution in [1.82, 2.24) is 0 Å². The zero-order chi connectivity index (χ0) is 9.52. The van der Waals surface area contributed by atoms with Crippen molar-refractivity contribution in [1.29, 1.82) is 0 Å². The number of rotatable bonds is 5. The van der Waals surface area contributed by atoms with Gasteiger partial charge in [0, 0.05) is 0 Å². The van der Waals surface area contributed by atoms with Crippen LogP contribution in [0.25, 0.3) is 0 Å². The second-order valence-corrected chi connectivity index (χ2v) is 4.51. The van der Waals surface area contributed by atoms with E-state index in [0.29, 0.717) is 0 Å². The molecule has 1 aliphatic carbocycles. The summed E-state index contributed by atoms with van der Waals surface area (Å²) in [6.45, 7) is 4.66. The number of unbranched alkanes of at least 4 members (excludes halogenated alkanes) is 1. The molecule has 0 heteroatoms. The Morgan fingerprint density at radius 3 is 2.54 bits per heavy atom. The van der Waals surface area contributed by atoms with Gasteiger partial charge in [0.15, 0.2) is 0 Å². The molecule has 1 aliphatic rings. The van der Waals surface area contributed by atoms with E-state index in [4.69, 9.17) is 0 Å². The van der Waals surface area contributed by atoms with Crippen LogP contribution in [0.15, 0.2) is 12.2 Å². The van der Waals surface area contributed by atoms with Gasteiger partial charge in [-0.3, -0.25) is 0 Å². The van der Waals surface area contributed by atoms with E-state index in [2.05, 4.69) is 26.0 Å². The summed E-state index contributed by atoms with van der Waals surface area (Å²) in [4.78, 5) is 0. The molecule has 0 bridgehead atoms. The summed E-state index contributed by atoms with van der Waals surface area (Å²) in [5.41, 5.74) is 0. The van der Waals surface area contributed by atoms with Gasteiger partial charge in [0.05, 0.1) is 0 Å². The maximum absolute atomic E-state index is 2.42. The third-order valence-corrected chi connectivity index (χ3v) is 3.37. The molecule has 0 amide bonds. The van der Waals surface area contributed by atoms with Crippen molar-refractivity contribution in [2.24, 2.45) is 11.8 Å². The van der Waals surface area contributed by atoms with E-state index in [1.54, 1.807) is 0 Å². The fraction of sp³-hybridized carbons (Fsp3) is 0.846. The van der Waals surface area contributed by atoms with E-state index in [1.165, 1.54) is 44.9 Å². The van der Waals surface area contributed by atoms with E-state index >= 15 is 0 Å². The van der Waals surface area contributed by atoms with Crippen LogP contribution in [0, 0.1) is 11.8 Å². The molecule has 0 heterocycles. The zero-order valence-electron chi connectivity index (χ0n) is 9.26. The number of allylic oxidation sites excluding steroid dienone is 2. The minimum absolute atomic E-state index is 1.000. The third-order valence-electron chi connectivity index (χ3n) is 3.37. The van der Waals surface area contributed by atoms with Crippen molar-refractivity contribution in [3.05, 3.63) is 12.2 Å². The van der Waals surface area contributed by atoms with Gasteiger partial charge in [0.1, 0.15) is 0 Å². The Hall–Kier alpha value is -0.260. The Morgan fingerprint density at radius 2 is 1.92 bits per heavy atom. The van der Waals surface area contributed by atoms with Crippen LogP contribution in [-0.4, -0.2) is 0 Å². The summed E-state index contributed by atoms with van der Waals surface area (Å²) in [6, 6.07) is 0. The van der Waals surface area contributed by atoms with E-state index in [1.807, 2.05) is 0 Å². The highest BCUT2D eigenvalue weighted by Gasteiger charge is 2.21. The first-order valence-corrected chi connectivity index (χ1v) is 5.99. The molecule has 76 valence electrons. The Labute approximate surface area is 83.4 Å². The van der Waals surface area contributed by atoms with Gasteiger partial charge >= 0.3 is 0 Å². The topological polar surface area (TPSA) is 0 Å². The molecule has 0 aromatic heterocycles. The molecule has 0 N–H and O–H groups in total. The Kier molecular flexibility index (Phi) is 5.19. The van der Waals surface area contributed by atoms with Crippen LogP contribution in [0.4, 0.5) is 0 Å². The predicted molar refractivity (Wildman–Crippen MR) is 59.8 cm³/mol. The monoisotopic (exact) mass is 180 g/mol. The molecule has 1 saturated carbocycles. The smallest absolute Gasteiger partial charge is 0.0348 e. The van der Waals surface area contributed by atoms with Gasteiger partial charge < -0.3 is 0 Å². The number of hydrogen-bond donors (Lipinski definition) is 0. The first-order valence-electron chi connectivity index (χ1n) is 5.99. The highest BCUT2D eigenvalue weighted by Crippen LogP contribution is 2.34. The van der Waals surface area contributed by atoms with Crippen LogP contribution in [0.1, 0.15) is 58.8 Å². The van der Waals surface area contributed by atoms with Gasteiger partial charge in [-0.05, 0) is 31.1 Å². The molecule has 0 saturated heterocycles. The van der Waals surface area contributed by atoms with Gasteiger partial charge in [-0.25, -0.2) is 0 Å². The second kappa shape index (κ2) is 6.23. The van der Waals surface area contributed by atoms with Gasteiger partial charge in [0.2, 0.25) is 0 Å². The molecule has 1 rings (SSSR count). The lowest BCUT2D eigenvalue weighted by Crippen LogP contribution is -2.02. The second-order valence-electron chi connectivity index (χ2n) is 4.51. The van der Waals surface area contributed by atoms with Crippen molar-refractivity contribution >= 4 is 0 Å². The molecule has 0 nitrogen and oxygen atoms in total. The Bertz CT molecular complexity index is 146. The van der Waals surface area contributed by atoms with E-state index in [0.717, 1.165) is 11.8 Å². The summed E-state index contributed by atoms with van der Waals surface area (Å²) in [5.74, 6) is 2.03. The van der Waals surface area contributed by atoms with Crippen LogP contribution in [-0.2, 0) is 0 Å². The zero-order valence-corrected chi connectivity index (χ0v) is 9.26. The van der Waals surface area contributed by atoms with Crippen LogP contribution < -0.4 is 0 Å². The van der Waals surface area contributed by atoms with E-state index < -0.39 is 0 Å². The van der Waals surface area contributed by atoms with Crippen molar-refractivity contribution in [2.45, 2.75) is 58.8 Å². The maximum atomic E-state index is 2.42. The molecule has 1 unspecified atom stereocenters. The van der Waals surface area contributed by atoms with Crippen molar-refractivity contribution in [2.75, 3.05) is 0 Å². The molecular formula is C13H24. The molecule has 0 aliphatic heterocycles. The predicted octanol–water partition coefficient (Wildman–Crippen LogP) is 4.56. The first kappa shape index (κ1) is 10.8. The molecule has 0 aromatic carbocycles. The highest BCUT2D eigenvalue weighted by atomic mass is 14.3. The van der Waals surface area contributed by atoms with Crippen LogP contribution in [0.3, 0.4) is 0 Å². The van der Waals surface area contributed by atoms with E-state index in [9.17, 15) is 0 Å². The largest absolute Gasteiger partial charge is 0.0885 e. The van der Waals surface area contributed by atoms with Crippen LogP contribution in [0.5, 0.6) is 0 Å². The van der Waals surface area contributed by atoms with Crippen molar-refractivity contribution in [3.63, 3.8) is 0 Å². The molecule has 0 radical (unpaired) electrons. The van der Waals surface area contributed by atoms with Gasteiger partial charge in [0.25, 0.3) is 0 Å². The SMILES string of the molecule is CCC/C=C\CC[C@H]1CCCC1C.